The number of nitrogens with one attached hydrogen (secondary N) is 1. The summed E-state index contributed by atoms with van der Waals surface area (Å²) in [5, 5.41) is 12.1. The largest absolute Gasteiger partial charge is 0.332 e. The van der Waals surface area contributed by atoms with E-state index < -0.39 is 0 Å². The fraction of sp³-hybridized carbons (Fsp3) is 0.421. The molecule has 1 aromatic carbocycles. The minimum atomic E-state index is 0.307. The molecule has 1 aliphatic rings. The molecule has 0 saturated heterocycles. The van der Waals surface area contributed by atoms with Crippen molar-refractivity contribution in [2.24, 2.45) is 0 Å². The predicted molar refractivity (Wildman–Crippen MR) is 95.8 cm³/mol. The van der Waals surface area contributed by atoms with E-state index in [9.17, 15) is 0 Å². The highest BCUT2D eigenvalue weighted by Crippen LogP contribution is 2.33. The minimum Gasteiger partial charge on any atom is -0.332 e. The maximum absolute atomic E-state index is 5.52. The van der Waals surface area contributed by atoms with Gasteiger partial charge in [0.1, 0.15) is 0 Å². The summed E-state index contributed by atoms with van der Waals surface area (Å²) in [4.78, 5) is 4.57. The van der Waals surface area contributed by atoms with Crippen molar-refractivity contribution in [3.63, 3.8) is 0 Å². The Morgan fingerprint density at radius 2 is 2.04 bits per heavy atom. The summed E-state index contributed by atoms with van der Waals surface area (Å²) in [6.07, 6.45) is 3.93. The van der Waals surface area contributed by atoms with Crippen molar-refractivity contribution in [3.05, 3.63) is 46.9 Å². The van der Waals surface area contributed by atoms with Crippen molar-refractivity contribution >= 4 is 0 Å². The molecule has 0 amide bonds. The molecular formula is C19H23N5O. The van der Waals surface area contributed by atoms with Crippen molar-refractivity contribution in [1.82, 2.24) is 25.2 Å². The van der Waals surface area contributed by atoms with E-state index in [-0.39, 0.29) is 0 Å². The van der Waals surface area contributed by atoms with Crippen molar-refractivity contribution in [1.29, 1.82) is 0 Å². The summed E-state index contributed by atoms with van der Waals surface area (Å²) in [5.74, 6) is 1.25. The molecule has 6 nitrogen and oxygen atoms in total. The van der Waals surface area contributed by atoms with Crippen LogP contribution in [0.4, 0.5) is 0 Å². The maximum atomic E-state index is 5.52. The van der Waals surface area contributed by atoms with Gasteiger partial charge in [0, 0.05) is 23.7 Å². The van der Waals surface area contributed by atoms with E-state index in [2.05, 4.69) is 53.6 Å². The fourth-order valence-electron chi connectivity index (χ4n) is 3.32. The predicted octanol–water partition coefficient (Wildman–Crippen LogP) is 2.87. The van der Waals surface area contributed by atoms with Crippen LogP contribution >= 0.6 is 0 Å². The molecule has 6 heteroatoms. The van der Waals surface area contributed by atoms with Gasteiger partial charge in [-0.25, -0.2) is 4.68 Å². The second-order valence-electron chi connectivity index (χ2n) is 6.78. The van der Waals surface area contributed by atoms with Gasteiger partial charge in [-0.05, 0) is 52.3 Å². The molecule has 2 heterocycles. The van der Waals surface area contributed by atoms with Crippen molar-refractivity contribution in [2.75, 3.05) is 7.05 Å². The molecule has 25 heavy (non-hydrogen) atoms. The Morgan fingerprint density at radius 1 is 1.24 bits per heavy atom. The molecule has 3 aromatic rings. The molecule has 1 unspecified atom stereocenters. The van der Waals surface area contributed by atoms with Crippen LogP contribution in [-0.2, 0) is 19.3 Å². The fourth-order valence-corrected chi connectivity index (χ4v) is 3.32. The van der Waals surface area contributed by atoms with E-state index in [1.165, 1.54) is 16.8 Å². The molecule has 0 aliphatic heterocycles. The van der Waals surface area contributed by atoms with Crippen molar-refractivity contribution < 1.29 is 4.52 Å². The average Bonchev–Trinajstić information content (AvgIpc) is 3.32. The van der Waals surface area contributed by atoms with E-state index in [0.29, 0.717) is 17.8 Å². The highest BCUT2D eigenvalue weighted by atomic mass is 16.5. The Morgan fingerprint density at radius 3 is 2.80 bits per heavy atom. The monoisotopic (exact) mass is 337 g/mol. The Labute approximate surface area is 147 Å². The SMILES string of the molecule is CNC(C)Cc1noc(-c2nn(-c3ccc(C)cc3)c3c2CCC3)n1. The van der Waals surface area contributed by atoms with Crippen molar-refractivity contribution in [3.8, 4) is 17.3 Å². The molecule has 130 valence electrons. The maximum Gasteiger partial charge on any atom is 0.278 e. The lowest BCUT2D eigenvalue weighted by atomic mass is 10.2. The zero-order chi connectivity index (χ0) is 17.4. The Balaban J connectivity index is 1.72. The topological polar surface area (TPSA) is 68.8 Å². The third kappa shape index (κ3) is 2.98. The summed E-state index contributed by atoms with van der Waals surface area (Å²) in [7, 11) is 1.93. The summed E-state index contributed by atoms with van der Waals surface area (Å²) < 4.78 is 7.56. The van der Waals surface area contributed by atoms with Crippen LogP contribution in [0, 0.1) is 6.92 Å². The number of fused-ring (bicyclic) bond motifs is 1. The quantitative estimate of drug-likeness (QED) is 0.775. The van der Waals surface area contributed by atoms with Gasteiger partial charge in [-0.15, -0.1) is 0 Å². The number of nitrogens with zero attached hydrogens (tertiary/aromatic N) is 4. The number of aromatic nitrogens is 4. The van der Waals surface area contributed by atoms with Crippen LogP contribution in [0.3, 0.4) is 0 Å². The Bertz CT molecular complexity index is 878. The summed E-state index contributed by atoms with van der Waals surface area (Å²) >= 11 is 0. The smallest absolute Gasteiger partial charge is 0.278 e. The van der Waals surface area contributed by atoms with Crippen LogP contribution < -0.4 is 5.32 Å². The first-order valence-corrected chi connectivity index (χ1v) is 8.83. The number of aryl methyl sites for hydroxylation is 1. The molecule has 4 rings (SSSR count). The second-order valence-corrected chi connectivity index (χ2v) is 6.78. The lowest BCUT2D eigenvalue weighted by molar-refractivity contribution is 0.416. The number of likely N-dealkylation sites (N-methyl/N-ethyl adjacent to an activating group) is 1. The van der Waals surface area contributed by atoms with Crippen LogP contribution in [0.25, 0.3) is 17.3 Å². The van der Waals surface area contributed by atoms with Crippen LogP contribution in [0.5, 0.6) is 0 Å². The van der Waals surface area contributed by atoms with Gasteiger partial charge < -0.3 is 9.84 Å². The molecular weight excluding hydrogens is 314 g/mol. The lowest BCUT2D eigenvalue weighted by Crippen LogP contribution is -2.24. The lowest BCUT2D eigenvalue weighted by Gasteiger charge is -2.05. The summed E-state index contributed by atoms with van der Waals surface area (Å²) in [5.41, 5.74) is 5.68. The zero-order valence-electron chi connectivity index (χ0n) is 14.9. The second kappa shape index (κ2) is 6.44. The van der Waals surface area contributed by atoms with E-state index >= 15 is 0 Å². The first kappa shape index (κ1) is 16.0. The van der Waals surface area contributed by atoms with Crippen LogP contribution in [0.15, 0.2) is 28.8 Å². The zero-order valence-corrected chi connectivity index (χ0v) is 14.9. The molecule has 1 aliphatic carbocycles. The van der Waals surface area contributed by atoms with E-state index in [1.54, 1.807) is 0 Å². The van der Waals surface area contributed by atoms with Gasteiger partial charge >= 0.3 is 0 Å². The van der Waals surface area contributed by atoms with Gasteiger partial charge in [-0.1, -0.05) is 22.9 Å². The van der Waals surface area contributed by atoms with Gasteiger partial charge in [0.2, 0.25) is 0 Å². The molecule has 0 fully saturated rings. The molecule has 0 radical (unpaired) electrons. The number of hydrogen-bond acceptors (Lipinski definition) is 5. The van der Waals surface area contributed by atoms with E-state index in [0.717, 1.165) is 37.1 Å². The molecule has 0 spiro atoms. The average molecular weight is 337 g/mol. The summed E-state index contributed by atoms with van der Waals surface area (Å²) in [6.45, 7) is 4.19. The first-order valence-electron chi connectivity index (χ1n) is 8.83. The van der Waals surface area contributed by atoms with Gasteiger partial charge in [0.25, 0.3) is 5.89 Å². The minimum absolute atomic E-state index is 0.307. The highest BCUT2D eigenvalue weighted by Gasteiger charge is 2.27. The number of rotatable bonds is 5. The normalized spacial score (nSPS) is 14.7. The van der Waals surface area contributed by atoms with Crippen LogP contribution in [0.2, 0.25) is 0 Å². The van der Waals surface area contributed by atoms with Gasteiger partial charge in [0.05, 0.1) is 5.69 Å². The molecule has 1 N–H and O–H groups in total. The number of hydrogen-bond donors (Lipinski definition) is 1. The van der Waals surface area contributed by atoms with Crippen LogP contribution in [0.1, 0.15) is 36.0 Å². The molecule has 0 bridgehead atoms. The van der Waals surface area contributed by atoms with Gasteiger partial charge in [-0.2, -0.15) is 10.1 Å². The van der Waals surface area contributed by atoms with Crippen LogP contribution in [-0.4, -0.2) is 33.0 Å². The molecule has 0 saturated carbocycles. The van der Waals surface area contributed by atoms with E-state index in [4.69, 9.17) is 9.62 Å². The van der Waals surface area contributed by atoms with Gasteiger partial charge in [-0.3, -0.25) is 0 Å². The molecule has 1 atom stereocenters. The summed E-state index contributed by atoms with van der Waals surface area (Å²) in [6, 6.07) is 8.75. The Kier molecular flexibility index (Phi) is 4.13. The Hall–Kier alpha value is -2.47. The molecule has 2 aromatic heterocycles. The third-order valence-electron chi connectivity index (χ3n) is 4.86. The number of benzene rings is 1. The standard InChI is InChI=1S/C19H23N5O/c1-12-7-9-14(10-8-12)24-16-6-4-5-15(16)18(22-24)19-21-17(23-25-19)11-13(2)20-3/h7-10,13,20H,4-6,11H2,1-3H3. The van der Waals surface area contributed by atoms with Gasteiger partial charge in [0.15, 0.2) is 11.5 Å². The third-order valence-corrected chi connectivity index (χ3v) is 4.86. The van der Waals surface area contributed by atoms with Crippen molar-refractivity contribution in [2.45, 2.75) is 45.6 Å². The van der Waals surface area contributed by atoms with E-state index in [1.807, 2.05) is 11.7 Å². The first-order chi connectivity index (χ1) is 12.2. The highest BCUT2D eigenvalue weighted by molar-refractivity contribution is 5.58.